The van der Waals surface area contributed by atoms with E-state index in [1.165, 1.54) is 11.6 Å². The molecule has 1 aromatic heterocycles. The lowest BCUT2D eigenvalue weighted by Crippen LogP contribution is -2.48. The molecule has 0 bridgehead atoms. The molecule has 0 N–H and O–H groups in total. The summed E-state index contributed by atoms with van der Waals surface area (Å²) in [4.78, 5) is 33.5. The first-order chi connectivity index (χ1) is 14.5. The van der Waals surface area contributed by atoms with Gasteiger partial charge in [-0.3, -0.25) is 14.5 Å². The molecule has 3 aromatic rings. The molecular formula is C23H25N3O3S. The lowest BCUT2D eigenvalue weighted by molar-refractivity contribution is -0.132. The number of hydrogen-bond donors (Lipinski definition) is 0. The van der Waals surface area contributed by atoms with Gasteiger partial charge in [0.05, 0.1) is 30.3 Å². The number of Topliss-reactive ketones (excluding diaryl/α,β-unsaturated/α-hetero) is 1. The van der Waals surface area contributed by atoms with E-state index in [0.717, 1.165) is 35.7 Å². The summed E-state index contributed by atoms with van der Waals surface area (Å²) in [5, 5.41) is 1.11. The number of fused-ring (bicyclic) bond motifs is 1. The van der Waals surface area contributed by atoms with Gasteiger partial charge in [0.2, 0.25) is 5.91 Å². The predicted molar refractivity (Wildman–Crippen MR) is 118 cm³/mol. The molecule has 0 spiro atoms. The Hall–Kier alpha value is -2.77. The summed E-state index contributed by atoms with van der Waals surface area (Å²) in [6.45, 7) is 5.38. The predicted octanol–water partition coefficient (Wildman–Crippen LogP) is 3.39. The first-order valence-electron chi connectivity index (χ1n) is 10.1. The maximum absolute atomic E-state index is 12.9. The van der Waals surface area contributed by atoms with Crippen LogP contribution in [0.3, 0.4) is 0 Å². The lowest BCUT2D eigenvalue weighted by atomic mass is 10.0. The lowest BCUT2D eigenvalue weighted by Gasteiger charge is -2.34. The van der Waals surface area contributed by atoms with Gasteiger partial charge >= 0.3 is 0 Å². The Labute approximate surface area is 180 Å². The number of aromatic nitrogens is 1. The fraction of sp³-hybridized carbons (Fsp3) is 0.348. The third kappa shape index (κ3) is 4.52. The smallest absolute Gasteiger partial charge is 0.227 e. The van der Waals surface area contributed by atoms with Crippen LogP contribution in [0.5, 0.6) is 5.75 Å². The van der Waals surface area contributed by atoms with Gasteiger partial charge in [0.25, 0.3) is 0 Å². The van der Waals surface area contributed by atoms with E-state index in [1.54, 1.807) is 36.6 Å². The number of thiazole rings is 1. The standard InChI is InChI=1S/C23H25N3O3S/c1-16(27)17-7-8-20(29-2)18(13-17)14-23(28)26-11-9-25(10-12-26)15-22-24-19-5-3-4-6-21(19)30-22/h3-8,13H,9-12,14-15H2,1-2H3. The Morgan fingerprint density at radius 1 is 1.10 bits per heavy atom. The van der Waals surface area contributed by atoms with E-state index in [9.17, 15) is 9.59 Å². The topological polar surface area (TPSA) is 62.7 Å². The molecule has 6 nitrogen and oxygen atoms in total. The highest BCUT2D eigenvalue weighted by molar-refractivity contribution is 7.18. The van der Waals surface area contributed by atoms with Gasteiger partial charge in [-0.05, 0) is 37.3 Å². The zero-order valence-electron chi connectivity index (χ0n) is 17.3. The van der Waals surface area contributed by atoms with Gasteiger partial charge in [-0.25, -0.2) is 4.98 Å². The number of ether oxygens (including phenoxy) is 1. The zero-order chi connectivity index (χ0) is 21.1. The number of para-hydroxylation sites is 1. The molecule has 1 aliphatic heterocycles. The van der Waals surface area contributed by atoms with Crippen LogP contribution in [0.15, 0.2) is 42.5 Å². The summed E-state index contributed by atoms with van der Waals surface area (Å²) >= 11 is 1.73. The summed E-state index contributed by atoms with van der Waals surface area (Å²) in [5.41, 5.74) is 2.40. The molecule has 0 atom stereocenters. The van der Waals surface area contributed by atoms with Crippen LogP contribution in [0.2, 0.25) is 0 Å². The molecule has 1 amide bonds. The fourth-order valence-corrected chi connectivity index (χ4v) is 4.75. The highest BCUT2D eigenvalue weighted by Crippen LogP contribution is 2.24. The zero-order valence-corrected chi connectivity index (χ0v) is 18.1. The van der Waals surface area contributed by atoms with Gasteiger partial charge in [-0.2, -0.15) is 0 Å². The normalized spacial score (nSPS) is 14.8. The van der Waals surface area contributed by atoms with Crippen LogP contribution in [0, 0.1) is 0 Å². The van der Waals surface area contributed by atoms with E-state index in [-0.39, 0.29) is 18.1 Å². The number of carbonyl (C=O) groups is 2. The van der Waals surface area contributed by atoms with Crippen molar-refractivity contribution >= 4 is 33.2 Å². The molecule has 7 heteroatoms. The van der Waals surface area contributed by atoms with E-state index in [1.807, 2.05) is 23.1 Å². The number of amides is 1. The minimum absolute atomic E-state index is 0.0187. The number of carbonyl (C=O) groups excluding carboxylic acids is 2. The molecule has 4 rings (SSSR count). The Bertz CT molecular complexity index is 1040. The second-order valence-corrected chi connectivity index (χ2v) is 8.61. The minimum atomic E-state index is -0.0187. The van der Waals surface area contributed by atoms with Crippen molar-refractivity contribution in [3.8, 4) is 5.75 Å². The largest absolute Gasteiger partial charge is 0.496 e. The van der Waals surface area contributed by atoms with Crippen molar-refractivity contribution in [3.63, 3.8) is 0 Å². The molecule has 1 aliphatic rings. The maximum Gasteiger partial charge on any atom is 0.227 e. The SMILES string of the molecule is COc1ccc(C(C)=O)cc1CC(=O)N1CCN(Cc2nc3ccccc3s2)CC1. The average Bonchev–Trinajstić information content (AvgIpc) is 3.16. The van der Waals surface area contributed by atoms with Crippen LogP contribution >= 0.6 is 11.3 Å². The number of methoxy groups -OCH3 is 1. The summed E-state index contributed by atoms with van der Waals surface area (Å²) in [7, 11) is 1.58. The molecule has 30 heavy (non-hydrogen) atoms. The van der Waals surface area contributed by atoms with Crippen molar-refractivity contribution in [2.24, 2.45) is 0 Å². The Morgan fingerprint density at radius 2 is 1.87 bits per heavy atom. The Morgan fingerprint density at radius 3 is 2.57 bits per heavy atom. The van der Waals surface area contributed by atoms with Crippen molar-refractivity contribution in [1.82, 2.24) is 14.8 Å². The Balaban J connectivity index is 1.35. The number of nitrogens with zero attached hydrogens (tertiary/aromatic N) is 3. The molecule has 0 saturated carbocycles. The summed E-state index contributed by atoms with van der Waals surface area (Å²) in [6.07, 6.45) is 0.238. The molecule has 0 unspecified atom stereocenters. The molecule has 2 heterocycles. The summed E-state index contributed by atoms with van der Waals surface area (Å²) in [5.74, 6) is 0.686. The van der Waals surface area contributed by atoms with Crippen LogP contribution < -0.4 is 4.74 Å². The number of hydrogen-bond acceptors (Lipinski definition) is 6. The maximum atomic E-state index is 12.9. The summed E-state index contributed by atoms with van der Waals surface area (Å²) < 4.78 is 6.59. The quantitative estimate of drug-likeness (QED) is 0.569. The molecule has 2 aromatic carbocycles. The van der Waals surface area contributed by atoms with Crippen molar-refractivity contribution in [1.29, 1.82) is 0 Å². The van der Waals surface area contributed by atoms with Gasteiger partial charge < -0.3 is 9.64 Å². The van der Waals surface area contributed by atoms with E-state index >= 15 is 0 Å². The van der Waals surface area contributed by atoms with Crippen molar-refractivity contribution in [2.75, 3.05) is 33.3 Å². The number of ketones is 1. The van der Waals surface area contributed by atoms with Crippen LogP contribution in [-0.2, 0) is 17.8 Å². The number of piperazine rings is 1. The number of rotatable bonds is 6. The third-order valence-electron chi connectivity index (χ3n) is 5.45. The third-order valence-corrected chi connectivity index (χ3v) is 6.47. The van der Waals surface area contributed by atoms with Crippen molar-refractivity contribution in [3.05, 3.63) is 58.6 Å². The van der Waals surface area contributed by atoms with Gasteiger partial charge in [-0.1, -0.05) is 12.1 Å². The Kier molecular flexibility index (Phi) is 6.11. The molecule has 156 valence electrons. The summed E-state index contributed by atoms with van der Waals surface area (Å²) in [6, 6.07) is 13.4. The molecule has 0 radical (unpaired) electrons. The van der Waals surface area contributed by atoms with Gasteiger partial charge in [-0.15, -0.1) is 11.3 Å². The van der Waals surface area contributed by atoms with Crippen LogP contribution in [-0.4, -0.2) is 59.8 Å². The van der Waals surface area contributed by atoms with Crippen LogP contribution in [0.25, 0.3) is 10.2 Å². The van der Waals surface area contributed by atoms with Crippen LogP contribution in [0.1, 0.15) is 27.9 Å². The molecule has 1 saturated heterocycles. The fourth-order valence-electron chi connectivity index (χ4n) is 3.74. The number of benzene rings is 2. The molecule has 0 aliphatic carbocycles. The van der Waals surface area contributed by atoms with Gasteiger partial charge in [0, 0.05) is 37.3 Å². The van der Waals surface area contributed by atoms with Crippen molar-refractivity contribution in [2.45, 2.75) is 19.9 Å². The van der Waals surface area contributed by atoms with Crippen LogP contribution in [0.4, 0.5) is 0 Å². The monoisotopic (exact) mass is 423 g/mol. The van der Waals surface area contributed by atoms with E-state index in [2.05, 4.69) is 11.0 Å². The highest BCUT2D eigenvalue weighted by atomic mass is 32.1. The van der Waals surface area contributed by atoms with E-state index in [0.29, 0.717) is 24.4 Å². The molecular weight excluding hydrogens is 398 g/mol. The average molecular weight is 424 g/mol. The second kappa shape index (κ2) is 8.93. The van der Waals surface area contributed by atoms with Gasteiger partial charge in [0.1, 0.15) is 10.8 Å². The first kappa shape index (κ1) is 20.5. The van der Waals surface area contributed by atoms with E-state index < -0.39 is 0 Å². The van der Waals surface area contributed by atoms with Gasteiger partial charge in [0.15, 0.2) is 5.78 Å². The van der Waals surface area contributed by atoms with Crippen molar-refractivity contribution < 1.29 is 14.3 Å². The highest BCUT2D eigenvalue weighted by Gasteiger charge is 2.23. The second-order valence-electron chi connectivity index (χ2n) is 7.49. The minimum Gasteiger partial charge on any atom is -0.496 e. The molecule has 1 fully saturated rings. The first-order valence-corrected chi connectivity index (χ1v) is 10.9. The van der Waals surface area contributed by atoms with E-state index in [4.69, 9.17) is 9.72 Å².